The van der Waals surface area contributed by atoms with Crippen molar-refractivity contribution in [2.24, 2.45) is 0 Å². The van der Waals surface area contributed by atoms with Crippen molar-refractivity contribution >= 4 is 40.0 Å². The number of nitrogens with zero attached hydrogens (tertiary/aromatic N) is 1. The van der Waals surface area contributed by atoms with E-state index in [-0.39, 0.29) is 16.7 Å². The number of halogens is 1. The molecule has 2 heterocycles. The Labute approximate surface area is 221 Å². The summed E-state index contributed by atoms with van der Waals surface area (Å²) in [4.78, 5) is 31.5. The lowest BCUT2D eigenvalue weighted by atomic mass is 9.85. The molecule has 1 aromatic heterocycles. The second kappa shape index (κ2) is 9.56. The van der Waals surface area contributed by atoms with Crippen LogP contribution in [0.4, 0.5) is 0 Å². The number of carbonyl (C=O) groups is 2. The lowest BCUT2D eigenvalue weighted by molar-refractivity contribution is -0.139. The summed E-state index contributed by atoms with van der Waals surface area (Å²) in [5.74, 6) is -1.49. The van der Waals surface area contributed by atoms with Gasteiger partial charge >= 0.3 is 0 Å². The Hall–Kier alpha value is -3.83. The Bertz CT molecular complexity index is 1510. The molecule has 5 rings (SSSR count). The highest BCUT2D eigenvalue weighted by atomic mass is 35.5. The van der Waals surface area contributed by atoms with Crippen molar-refractivity contribution in [2.45, 2.75) is 38.6 Å². The maximum Gasteiger partial charge on any atom is 0.295 e. The van der Waals surface area contributed by atoms with Gasteiger partial charge in [-0.15, -0.1) is 0 Å². The Morgan fingerprint density at radius 1 is 0.973 bits per heavy atom. The van der Waals surface area contributed by atoms with E-state index in [2.05, 4.69) is 25.8 Å². The van der Waals surface area contributed by atoms with Crippen molar-refractivity contribution in [1.82, 2.24) is 9.88 Å². The summed E-state index contributed by atoms with van der Waals surface area (Å²) in [6.45, 7) is 6.73. The molecule has 0 radical (unpaired) electrons. The first kappa shape index (κ1) is 24.8. The first-order valence-corrected chi connectivity index (χ1v) is 12.7. The number of nitrogens with one attached hydrogen (secondary N) is 1. The van der Waals surface area contributed by atoms with Crippen LogP contribution in [0.3, 0.4) is 0 Å². The highest BCUT2D eigenvalue weighted by Gasteiger charge is 2.46. The molecule has 0 bridgehead atoms. The van der Waals surface area contributed by atoms with Crippen LogP contribution in [-0.2, 0) is 21.4 Å². The summed E-state index contributed by atoms with van der Waals surface area (Å²) in [5, 5.41) is 12.9. The van der Waals surface area contributed by atoms with Gasteiger partial charge in [0.1, 0.15) is 5.76 Å². The third-order valence-corrected chi connectivity index (χ3v) is 7.30. The van der Waals surface area contributed by atoms with E-state index in [9.17, 15) is 14.7 Å². The third kappa shape index (κ3) is 4.67. The van der Waals surface area contributed by atoms with Gasteiger partial charge in [-0.2, -0.15) is 0 Å². The second-order valence-corrected chi connectivity index (χ2v) is 10.9. The maximum absolute atomic E-state index is 13.3. The van der Waals surface area contributed by atoms with Crippen LogP contribution in [0.25, 0.3) is 16.7 Å². The lowest BCUT2D eigenvalue weighted by Crippen LogP contribution is -2.31. The first-order valence-electron chi connectivity index (χ1n) is 12.3. The van der Waals surface area contributed by atoms with Gasteiger partial charge in [-0.25, -0.2) is 0 Å². The molecule has 1 aliphatic rings. The van der Waals surface area contributed by atoms with E-state index in [0.29, 0.717) is 23.6 Å². The van der Waals surface area contributed by atoms with Crippen LogP contribution >= 0.6 is 11.6 Å². The lowest BCUT2D eigenvalue weighted by Gasteiger charge is -2.26. The number of likely N-dealkylation sites (tertiary alicyclic amines) is 1. The van der Waals surface area contributed by atoms with Gasteiger partial charge < -0.3 is 15.0 Å². The molecule has 5 nitrogen and oxygen atoms in total. The molecule has 3 aromatic carbocycles. The highest BCUT2D eigenvalue weighted by Crippen LogP contribution is 2.40. The van der Waals surface area contributed by atoms with Gasteiger partial charge in [0, 0.05) is 34.2 Å². The molecule has 1 amide bonds. The number of para-hydroxylation sites is 1. The average molecular weight is 513 g/mol. The summed E-state index contributed by atoms with van der Waals surface area (Å²) in [7, 11) is 0. The van der Waals surface area contributed by atoms with E-state index in [0.717, 1.165) is 27.6 Å². The number of aromatic amines is 1. The van der Waals surface area contributed by atoms with E-state index < -0.39 is 17.7 Å². The molecule has 188 valence electrons. The summed E-state index contributed by atoms with van der Waals surface area (Å²) in [6.07, 6.45) is 2.51. The van der Waals surface area contributed by atoms with E-state index >= 15 is 0 Å². The Morgan fingerprint density at radius 2 is 1.65 bits per heavy atom. The molecule has 1 aliphatic heterocycles. The number of ketones is 1. The molecule has 1 fully saturated rings. The molecule has 1 saturated heterocycles. The van der Waals surface area contributed by atoms with Crippen molar-refractivity contribution in [3.05, 3.63) is 112 Å². The largest absolute Gasteiger partial charge is 0.507 e. The highest BCUT2D eigenvalue weighted by molar-refractivity contribution is 6.46. The predicted octanol–water partition coefficient (Wildman–Crippen LogP) is 6.78. The third-order valence-electron chi connectivity index (χ3n) is 7.05. The number of aliphatic hydroxyl groups excluding tert-OH is 1. The van der Waals surface area contributed by atoms with Crippen molar-refractivity contribution in [3.63, 3.8) is 0 Å². The number of aliphatic hydroxyl groups is 1. The van der Waals surface area contributed by atoms with E-state index in [1.54, 1.807) is 29.2 Å². The average Bonchev–Trinajstić information content (AvgIpc) is 3.41. The van der Waals surface area contributed by atoms with Crippen LogP contribution in [0.1, 0.15) is 49.1 Å². The summed E-state index contributed by atoms with van der Waals surface area (Å²) in [6, 6.07) is 21.8. The zero-order valence-electron chi connectivity index (χ0n) is 21.1. The zero-order chi connectivity index (χ0) is 26.3. The van der Waals surface area contributed by atoms with Crippen molar-refractivity contribution < 1.29 is 14.7 Å². The number of rotatable bonds is 5. The number of H-pyrrole nitrogens is 1. The van der Waals surface area contributed by atoms with Crippen LogP contribution in [0.5, 0.6) is 0 Å². The maximum atomic E-state index is 13.3. The number of amides is 1. The molecule has 6 heteroatoms. The zero-order valence-corrected chi connectivity index (χ0v) is 21.8. The molecule has 0 aliphatic carbocycles. The fourth-order valence-electron chi connectivity index (χ4n) is 4.97. The van der Waals surface area contributed by atoms with Crippen molar-refractivity contribution in [2.75, 3.05) is 6.54 Å². The minimum Gasteiger partial charge on any atom is -0.507 e. The van der Waals surface area contributed by atoms with Crippen LogP contribution in [-0.4, -0.2) is 33.2 Å². The summed E-state index contributed by atoms with van der Waals surface area (Å²) < 4.78 is 0. The molecule has 1 atom stereocenters. The number of fused-ring (bicyclic) bond motifs is 1. The van der Waals surface area contributed by atoms with Gasteiger partial charge in [0.15, 0.2) is 0 Å². The van der Waals surface area contributed by atoms with Crippen LogP contribution in [0, 0.1) is 0 Å². The molecule has 4 aromatic rings. The van der Waals surface area contributed by atoms with Crippen LogP contribution < -0.4 is 0 Å². The molecular formula is C31H29ClN2O3. The van der Waals surface area contributed by atoms with E-state index in [1.165, 1.54) is 0 Å². The smallest absolute Gasteiger partial charge is 0.295 e. The fraction of sp³-hybridized carbons (Fsp3) is 0.226. The fourth-order valence-corrected chi connectivity index (χ4v) is 5.09. The van der Waals surface area contributed by atoms with Crippen molar-refractivity contribution in [3.8, 4) is 0 Å². The quantitative estimate of drug-likeness (QED) is 0.176. The normalized spacial score (nSPS) is 17.6. The minimum absolute atomic E-state index is 0.0427. The number of hydrogen-bond acceptors (Lipinski definition) is 3. The number of benzene rings is 3. The topological polar surface area (TPSA) is 73.4 Å². The van der Waals surface area contributed by atoms with Crippen LogP contribution in [0.2, 0.25) is 5.02 Å². The van der Waals surface area contributed by atoms with Gasteiger partial charge in [-0.05, 0) is 58.9 Å². The monoisotopic (exact) mass is 512 g/mol. The Morgan fingerprint density at radius 3 is 2.32 bits per heavy atom. The summed E-state index contributed by atoms with van der Waals surface area (Å²) >= 11 is 6.03. The second-order valence-electron chi connectivity index (χ2n) is 10.5. The first-order chi connectivity index (χ1) is 17.6. The van der Waals surface area contributed by atoms with Gasteiger partial charge in [-0.1, -0.05) is 74.8 Å². The molecule has 1 unspecified atom stereocenters. The predicted molar refractivity (Wildman–Crippen MR) is 148 cm³/mol. The molecule has 0 saturated carbocycles. The Balaban J connectivity index is 1.57. The molecule has 37 heavy (non-hydrogen) atoms. The number of carbonyl (C=O) groups excluding carboxylic acids is 2. The molecule has 0 spiro atoms. The van der Waals surface area contributed by atoms with Gasteiger partial charge in [0.25, 0.3) is 11.7 Å². The van der Waals surface area contributed by atoms with Gasteiger partial charge in [0.2, 0.25) is 0 Å². The van der Waals surface area contributed by atoms with Gasteiger partial charge in [-0.3, -0.25) is 9.59 Å². The summed E-state index contributed by atoms with van der Waals surface area (Å²) in [5.41, 5.74) is 4.50. The van der Waals surface area contributed by atoms with Crippen molar-refractivity contribution in [1.29, 1.82) is 0 Å². The van der Waals surface area contributed by atoms with Gasteiger partial charge in [0.05, 0.1) is 11.6 Å². The number of aromatic nitrogens is 1. The Kier molecular flexibility index (Phi) is 6.42. The van der Waals surface area contributed by atoms with E-state index in [1.807, 2.05) is 54.7 Å². The standard InChI is InChI=1S/C31H29ClN2O3/c1-31(2,3)22-12-8-19(9-13-22)27-26(28(35)20-10-14-23(32)15-11-20)29(36)30(37)34(27)17-16-21-18-33-25-7-5-4-6-24(21)25/h4-15,18,27,33,35H,16-17H2,1-3H3/b28-26+. The molecule has 2 N–H and O–H groups in total. The van der Waals surface area contributed by atoms with E-state index in [4.69, 9.17) is 11.6 Å². The SMILES string of the molecule is CC(C)(C)c1ccc(C2/C(=C(\O)c3ccc(Cl)cc3)C(=O)C(=O)N2CCc2c[nH]c3ccccc23)cc1. The molecular weight excluding hydrogens is 484 g/mol. The number of Topliss-reactive ketones (excluding diaryl/α,β-unsaturated/α-hetero) is 1. The minimum atomic E-state index is -0.699. The number of hydrogen-bond donors (Lipinski definition) is 2. The van der Waals surface area contributed by atoms with Crippen LogP contribution in [0.15, 0.2) is 84.6 Å².